The molecule has 17 heavy (non-hydrogen) atoms. The van der Waals surface area contributed by atoms with E-state index in [0.717, 1.165) is 5.75 Å². The molecule has 2 rings (SSSR count). The van der Waals surface area contributed by atoms with Crippen molar-refractivity contribution in [3.63, 3.8) is 0 Å². The van der Waals surface area contributed by atoms with Gasteiger partial charge >= 0.3 is 0 Å². The molecule has 2 aromatic rings. The Balaban J connectivity index is 0.000000686. The summed E-state index contributed by atoms with van der Waals surface area (Å²) in [5.41, 5.74) is 1.27. The minimum Gasteiger partial charge on any atom is -0.496 e. The van der Waals surface area contributed by atoms with Crippen LogP contribution in [0.25, 0.3) is 10.8 Å². The molecule has 0 amide bonds. The summed E-state index contributed by atoms with van der Waals surface area (Å²) in [7, 11) is 1.73. The van der Waals surface area contributed by atoms with Gasteiger partial charge in [-0.15, -0.1) is 0 Å². The van der Waals surface area contributed by atoms with Crippen LogP contribution in [0.5, 0.6) is 5.75 Å². The Morgan fingerprint density at radius 2 is 1.47 bits per heavy atom. The lowest BCUT2D eigenvalue weighted by Crippen LogP contribution is -1.94. The summed E-state index contributed by atoms with van der Waals surface area (Å²) in [6.07, 6.45) is 0. The first kappa shape index (κ1) is 13.6. The first-order valence-corrected chi connectivity index (χ1v) is 6.29. The number of hydrogen-bond donors (Lipinski definition) is 0. The monoisotopic (exact) mass is 230 g/mol. The summed E-state index contributed by atoms with van der Waals surface area (Å²) in [4.78, 5) is 0. The molecule has 0 aliphatic carbocycles. The van der Waals surface area contributed by atoms with E-state index in [1.807, 2.05) is 13.8 Å². The average molecular weight is 230 g/mol. The summed E-state index contributed by atoms with van der Waals surface area (Å²) >= 11 is 0. The minimum absolute atomic E-state index is 0.490. The van der Waals surface area contributed by atoms with E-state index in [9.17, 15) is 0 Å². The van der Waals surface area contributed by atoms with Crippen LogP contribution in [0.2, 0.25) is 0 Å². The second-order valence-electron chi connectivity index (χ2n) is 4.10. The molecule has 0 atom stereocenters. The number of ether oxygens (including phenoxy) is 1. The first-order chi connectivity index (χ1) is 8.22. The molecule has 0 unspecified atom stereocenters. The maximum Gasteiger partial charge on any atom is 0.122 e. The maximum absolute atomic E-state index is 5.41. The standard InChI is InChI=1S/C14H16O.C2H6/c1-10(2)13-8-11-6-4-5-7-12(11)9-14(13)15-3;1-2/h4-10H,1-3H3;1-2H3. The fourth-order valence-corrected chi connectivity index (χ4v) is 1.86. The van der Waals surface area contributed by atoms with E-state index in [-0.39, 0.29) is 0 Å². The van der Waals surface area contributed by atoms with Crippen LogP contribution < -0.4 is 4.74 Å². The molecule has 2 aromatic carbocycles. The van der Waals surface area contributed by atoms with E-state index in [0.29, 0.717) is 5.92 Å². The van der Waals surface area contributed by atoms with E-state index in [1.165, 1.54) is 16.3 Å². The van der Waals surface area contributed by atoms with Gasteiger partial charge in [-0.1, -0.05) is 52.0 Å². The molecule has 0 saturated carbocycles. The van der Waals surface area contributed by atoms with E-state index in [1.54, 1.807) is 7.11 Å². The SMILES string of the molecule is CC.COc1cc2ccccc2cc1C(C)C. The fraction of sp³-hybridized carbons (Fsp3) is 0.375. The van der Waals surface area contributed by atoms with Gasteiger partial charge in [0.25, 0.3) is 0 Å². The van der Waals surface area contributed by atoms with Crippen molar-refractivity contribution in [2.45, 2.75) is 33.6 Å². The molecule has 1 heteroatoms. The predicted octanol–water partition coefficient (Wildman–Crippen LogP) is 5.00. The largest absolute Gasteiger partial charge is 0.496 e. The highest BCUT2D eigenvalue weighted by atomic mass is 16.5. The lowest BCUT2D eigenvalue weighted by atomic mass is 9.98. The third kappa shape index (κ3) is 3.00. The highest BCUT2D eigenvalue weighted by Crippen LogP contribution is 2.30. The zero-order chi connectivity index (χ0) is 12.8. The normalized spacial score (nSPS) is 10.0. The molecule has 0 bridgehead atoms. The lowest BCUT2D eigenvalue weighted by molar-refractivity contribution is 0.408. The minimum atomic E-state index is 0.490. The maximum atomic E-state index is 5.41. The Morgan fingerprint density at radius 3 is 1.94 bits per heavy atom. The Labute approximate surface area is 104 Å². The molecule has 0 aliphatic rings. The van der Waals surface area contributed by atoms with Crippen molar-refractivity contribution in [2.24, 2.45) is 0 Å². The molecule has 0 aromatic heterocycles. The fourth-order valence-electron chi connectivity index (χ4n) is 1.86. The highest BCUT2D eigenvalue weighted by molar-refractivity contribution is 5.85. The van der Waals surface area contributed by atoms with Gasteiger partial charge < -0.3 is 4.74 Å². The molecule has 92 valence electrons. The second kappa shape index (κ2) is 6.29. The molecular weight excluding hydrogens is 208 g/mol. The molecular formula is C16H22O. The number of rotatable bonds is 2. The van der Waals surface area contributed by atoms with E-state index >= 15 is 0 Å². The van der Waals surface area contributed by atoms with Crippen LogP contribution in [0.4, 0.5) is 0 Å². The Bertz CT molecular complexity index is 472. The van der Waals surface area contributed by atoms with Gasteiger partial charge in [0, 0.05) is 0 Å². The van der Waals surface area contributed by atoms with Crippen LogP contribution >= 0.6 is 0 Å². The number of fused-ring (bicyclic) bond motifs is 1. The smallest absolute Gasteiger partial charge is 0.122 e. The van der Waals surface area contributed by atoms with Crippen LogP contribution in [-0.4, -0.2) is 7.11 Å². The van der Waals surface area contributed by atoms with Gasteiger partial charge in [0.15, 0.2) is 0 Å². The molecule has 0 fully saturated rings. The zero-order valence-electron chi connectivity index (χ0n) is 11.4. The van der Waals surface area contributed by atoms with Crippen LogP contribution in [0.3, 0.4) is 0 Å². The molecule has 0 spiro atoms. The number of benzene rings is 2. The van der Waals surface area contributed by atoms with Crippen molar-refractivity contribution in [2.75, 3.05) is 7.11 Å². The van der Waals surface area contributed by atoms with Crippen LogP contribution in [0.15, 0.2) is 36.4 Å². The zero-order valence-corrected chi connectivity index (χ0v) is 11.4. The third-order valence-electron chi connectivity index (χ3n) is 2.72. The van der Waals surface area contributed by atoms with Gasteiger partial charge in [-0.3, -0.25) is 0 Å². The van der Waals surface area contributed by atoms with Gasteiger partial charge in [-0.05, 0) is 34.4 Å². The Kier molecular flexibility index (Phi) is 5.02. The van der Waals surface area contributed by atoms with Crippen molar-refractivity contribution < 1.29 is 4.74 Å². The van der Waals surface area contributed by atoms with Crippen molar-refractivity contribution in [1.82, 2.24) is 0 Å². The number of hydrogen-bond acceptors (Lipinski definition) is 1. The molecule has 1 nitrogen and oxygen atoms in total. The van der Waals surface area contributed by atoms with Crippen molar-refractivity contribution >= 4 is 10.8 Å². The van der Waals surface area contributed by atoms with Crippen LogP contribution in [0.1, 0.15) is 39.2 Å². The van der Waals surface area contributed by atoms with Crippen molar-refractivity contribution in [3.05, 3.63) is 42.0 Å². The summed E-state index contributed by atoms with van der Waals surface area (Å²) in [5, 5.41) is 2.51. The summed E-state index contributed by atoms with van der Waals surface area (Å²) in [6.45, 7) is 8.37. The van der Waals surface area contributed by atoms with Crippen molar-refractivity contribution in [1.29, 1.82) is 0 Å². The van der Waals surface area contributed by atoms with Gasteiger partial charge in [0.05, 0.1) is 7.11 Å². The Morgan fingerprint density at radius 1 is 0.941 bits per heavy atom. The highest BCUT2D eigenvalue weighted by Gasteiger charge is 2.08. The number of methoxy groups -OCH3 is 1. The van der Waals surface area contributed by atoms with E-state index < -0.39 is 0 Å². The first-order valence-electron chi connectivity index (χ1n) is 6.29. The second-order valence-corrected chi connectivity index (χ2v) is 4.10. The van der Waals surface area contributed by atoms with Gasteiger partial charge in [-0.2, -0.15) is 0 Å². The molecule has 0 N–H and O–H groups in total. The van der Waals surface area contributed by atoms with Crippen molar-refractivity contribution in [3.8, 4) is 5.75 Å². The summed E-state index contributed by atoms with van der Waals surface area (Å²) in [5.74, 6) is 1.48. The summed E-state index contributed by atoms with van der Waals surface area (Å²) < 4.78 is 5.41. The Hall–Kier alpha value is -1.50. The van der Waals surface area contributed by atoms with E-state index in [2.05, 4.69) is 50.2 Å². The van der Waals surface area contributed by atoms with Crippen LogP contribution in [0, 0.1) is 0 Å². The van der Waals surface area contributed by atoms with Gasteiger partial charge in [0.1, 0.15) is 5.75 Å². The van der Waals surface area contributed by atoms with Crippen LogP contribution in [-0.2, 0) is 0 Å². The van der Waals surface area contributed by atoms with Gasteiger partial charge in [-0.25, -0.2) is 0 Å². The average Bonchev–Trinajstić information content (AvgIpc) is 2.39. The van der Waals surface area contributed by atoms with Gasteiger partial charge in [0.2, 0.25) is 0 Å². The topological polar surface area (TPSA) is 9.23 Å². The summed E-state index contributed by atoms with van der Waals surface area (Å²) in [6, 6.07) is 12.7. The van der Waals surface area contributed by atoms with E-state index in [4.69, 9.17) is 4.74 Å². The molecule has 0 radical (unpaired) electrons. The predicted molar refractivity (Wildman–Crippen MR) is 75.9 cm³/mol. The quantitative estimate of drug-likeness (QED) is 0.705. The molecule has 0 aliphatic heterocycles. The lowest BCUT2D eigenvalue weighted by Gasteiger charge is -2.13. The third-order valence-corrected chi connectivity index (χ3v) is 2.72. The molecule has 0 saturated heterocycles. The molecule has 0 heterocycles.